The van der Waals surface area contributed by atoms with Gasteiger partial charge in [0.15, 0.2) is 0 Å². The number of nitrogens with one attached hydrogen (secondary N) is 2. The molecule has 0 aliphatic rings. The Hall–Kier alpha value is -3.23. The molecule has 9 heteroatoms. The number of anilines is 1. The van der Waals surface area contributed by atoms with Gasteiger partial charge < -0.3 is 15.4 Å². The molecule has 0 spiro atoms. The van der Waals surface area contributed by atoms with Crippen LogP contribution in [0.25, 0.3) is 0 Å². The van der Waals surface area contributed by atoms with E-state index in [0.717, 1.165) is 11.3 Å². The number of amides is 2. The summed E-state index contributed by atoms with van der Waals surface area (Å²) in [5, 5.41) is 8.02. The Morgan fingerprint density at radius 3 is 2.56 bits per heavy atom. The van der Waals surface area contributed by atoms with Crippen molar-refractivity contribution in [1.82, 2.24) is 10.3 Å². The van der Waals surface area contributed by atoms with Crippen LogP contribution in [0.3, 0.4) is 0 Å². The first-order valence-corrected chi connectivity index (χ1v) is 11.1. The standard InChI is InChI=1S/C23H22ClN3O4S/c1-14-7-9-16(10-8-14)26-20(28)11-21-27-17(13-32-21)12-31-23(30)15(2)25-22(29)18-5-3-4-6-19(18)24/h3-10,13,15H,11-12H2,1-2H3,(H,25,29)(H,26,28)/t15-/m0/s1. The molecule has 7 nitrogen and oxygen atoms in total. The highest BCUT2D eigenvalue weighted by Gasteiger charge is 2.20. The van der Waals surface area contributed by atoms with Crippen LogP contribution in [0.1, 0.15) is 33.5 Å². The van der Waals surface area contributed by atoms with Crippen molar-refractivity contribution in [2.45, 2.75) is 32.9 Å². The number of ether oxygens (including phenoxy) is 1. The maximum absolute atomic E-state index is 12.3. The van der Waals surface area contributed by atoms with E-state index in [0.29, 0.717) is 15.7 Å². The fourth-order valence-corrected chi connectivity index (χ4v) is 3.72. The number of hydrogen-bond acceptors (Lipinski definition) is 6. The number of hydrogen-bond donors (Lipinski definition) is 2. The highest BCUT2D eigenvalue weighted by Crippen LogP contribution is 2.16. The van der Waals surface area contributed by atoms with E-state index in [1.54, 1.807) is 29.6 Å². The zero-order valence-corrected chi connectivity index (χ0v) is 19.1. The number of aryl methyl sites for hydroxylation is 1. The van der Waals surface area contributed by atoms with Crippen LogP contribution < -0.4 is 10.6 Å². The normalized spacial score (nSPS) is 11.5. The van der Waals surface area contributed by atoms with E-state index in [-0.39, 0.29) is 24.5 Å². The number of esters is 1. The fourth-order valence-electron chi connectivity index (χ4n) is 2.72. The minimum atomic E-state index is -0.864. The molecule has 2 aromatic carbocycles. The van der Waals surface area contributed by atoms with Crippen LogP contribution >= 0.6 is 22.9 Å². The summed E-state index contributed by atoms with van der Waals surface area (Å²) in [4.78, 5) is 41.0. The Labute approximate surface area is 194 Å². The highest BCUT2D eigenvalue weighted by atomic mass is 35.5. The van der Waals surface area contributed by atoms with Gasteiger partial charge in [0, 0.05) is 11.1 Å². The van der Waals surface area contributed by atoms with Crippen molar-refractivity contribution >= 4 is 46.4 Å². The van der Waals surface area contributed by atoms with Gasteiger partial charge in [-0.1, -0.05) is 41.4 Å². The second kappa shape index (κ2) is 10.9. The summed E-state index contributed by atoms with van der Waals surface area (Å²) >= 11 is 7.31. The predicted molar refractivity (Wildman–Crippen MR) is 124 cm³/mol. The van der Waals surface area contributed by atoms with Crippen LogP contribution in [-0.2, 0) is 27.4 Å². The summed E-state index contributed by atoms with van der Waals surface area (Å²) in [6.45, 7) is 3.45. The van der Waals surface area contributed by atoms with Gasteiger partial charge >= 0.3 is 5.97 Å². The van der Waals surface area contributed by atoms with E-state index in [9.17, 15) is 14.4 Å². The van der Waals surface area contributed by atoms with Crippen molar-refractivity contribution in [3.8, 4) is 0 Å². The van der Waals surface area contributed by atoms with E-state index in [4.69, 9.17) is 16.3 Å². The molecule has 3 rings (SSSR count). The van der Waals surface area contributed by atoms with Crippen molar-refractivity contribution in [3.05, 3.63) is 80.8 Å². The quantitative estimate of drug-likeness (QED) is 0.481. The number of aromatic nitrogens is 1. The molecule has 0 saturated carbocycles. The second-order valence-electron chi connectivity index (χ2n) is 7.11. The van der Waals surface area contributed by atoms with E-state index in [1.807, 2.05) is 31.2 Å². The van der Waals surface area contributed by atoms with Gasteiger partial charge in [-0.05, 0) is 38.1 Å². The van der Waals surface area contributed by atoms with Crippen molar-refractivity contribution in [1.29, 1.82) is 0 Å². The van der Waals surface area contributed by atoms with Gasteiger partial charge in [-0.3, -0.25) is 9.59 Å². The van der Waals surface area contributed by atoms with Crippen molar-refractivity contribution in [2.24, 2.45) is 0 Å². The molecule has 0 aliphatic carbocycles. The lowest BCUT2D eigenvalue weighted by Gasteiger charge is -2.13. The van der Waals surface area contributed by atoms with Gasteiger partial charge in [0.25, 0.3) is 5.91 Å². The zero-order chi connectivity index (χ0) is 23.1. The van der Waals surface area contributed by atoms with Crippen LogP contribution in [0, 0.1) is 6.92 Å². The molecule has 0 saturated heterocycles. The maximum Gasteiger partial charge on any atom is 0.328 e. The number of carbonyl (C=O) groups excluding carboxylic acids is 3. The van der Waals surface area contributed by atoms with E-state index >= 15 is 0 Å². The van der Waals surface area contributed by atoms with Crippen LogP contribution in [0.2, 0.25) is 5.02 Å². The van der Waals surface area contributed by atoms with Crippen LogP contribution in [-0.4, -0.2) is 28.8 Å². The first-order chi connectivity index (χ1) is 15.3. The molecule has 1 atom stereocenters. The summed E-state index contributed by atoms with van der Waals surface area (Å²) in [5.74, 6) is -1.24. The predicted octanol–water partition coefficient (Wildman–Crippen LogP) is 4.15. The maximum atomic E-state index is 12.3. The summed E-state index contributed by atoms with van der Waals surface area (Å²) in [6.07, 6.45) is 0.122. The summed E-state index contributed by atoms with van der Waals surface area (Å²) in [6, 6.07) is 13.2. The Bertz CT molecular complexity index is 1110. The molecule has 0 bridgehead atoms. The van der Waals surface area contributed by atoms with Crippen LogP contribution in [0.5, 0.6) is 0 Å². The Morgan fingerprint density at radius 1 is 1.12 bits per heavy atom. The minimum Gasteiger partial charge on any atom is -0.458 e. The number of carbonyl (C=O) groups is 3. The molecule has 2 N–H and O–H groups in total. The van der Waals surface area contributed by atoms with Crippen molar-refractivity contribution < 1.29 is 19.1 Å². The molecule has 0 radical (unpaired) electrons. The largest absolute Gasteiger partial charge is 0.458 e. The minimum absolute atomic E-state index is 0.0543. The summed E-state index contributed by atoms with van der Waals surface area (Å²) < 4.78 is 5.24. The number of halogens is 1. The third-order valence-electron chi connectivity index (χ3n) is 4.43. The van der Waals surface area contributed by atoms with E-state index < -0.39 is 17.9 Å². The third-order valence-corrected chi connectivity index (χ3v) is 5.66. The van der Waals surface area contributed by atoms with Gasteiger partial charge in [-0.2, -0.15) is 0 Å². The lowest BCUT2D eigenvalue weighted by molar-refractivity contribution is -0.146. The molecule has 1 heterocycles. The lowest BCUT2D eigenvalue weighted by Crippen LogP contribution is -2.39. The van der Waals surface area contributed by atoms with E-state index in [1.165, 1.54) is 18.3 Å². The van der Waals surface area contributed by atoms with Gasteiger partial charge in [0.05, 0.1) is 22.7 Å². The van der Waals surface area contributed by atoms with Gasteiger partial charge in [0.1, 0.15) is 17.7 Å². The second-order valence-corrected chi connectivity index (χ2v) is 8.46. The SMILES string of the molecule is Cc1ccc(NC(=O)Cc2nc(COC(=O)[C@H](C)NC(=O)c3ccccc3Cl)cs2)cc1. The zero-order valence-electron chi connectivity index (χ0n) is 17.6. The average Bonchev–Trinajstić information content (AvgIpc) is 3.20. The third kappa shape index (κ3) is 6.63. The monoisotopic (exact) mass is 471 g/mol. The molecule has 166 valence electrons. The summed E-state index contributed by atoms with van der Waals surface area (Å²) in [7, 11) is 0. The molecule has 3 aromatic rings. The Kier molecular flexibility index (Phi) is 7.97. The van der Waals surface area contributed by atoms with Gasteiger partial charge in [-0.25, -0.2) is 9.78 Å². The van der Waals surface area contributed by atoms with Crippen LogP contribution in [0.4, 0.5) is 5.69 Å². The Morgan fingerprint density at radius 2 is 1.84 bits per heavy atom. The number of benzene rings is 2. The molecule has 32 heavy (non-hydrogen) atoms. The van der Waals surface area contributed by atoms with Crippen molar-refractivity contribution in [3.63, 3.8) is 0 Å². The van der Waals surface area contributed by atoms with Gasteiger partial charge in [-0.15, -0.1) is 11.3 Å². The first-order valence-electron chi connectivity index (χ1n) is 9.83. The van der Waals surface area contributed by atoms with Crippen LogP contribution in [0.15, 0.2) is 53.9 Å². The van der Waals surface area contributed by atoms with Gasteiger partial charge in [0.2, 0.25) is 5.91 Å². The lowest BCUT2D eigenvalue weighted by atomic mass is 10.2. The molecule has 0 aliphatic heterocycles. The number of rotatable bonds is 8. The topological polar surface area (TPSA) is 97.4 Å². The smallest absolute Gasteiger partial charge is 0.328 e. The number of nitrogens with zero attached hydrogens (tertiary/aromatic N) is 1. The average molecular weight is 472 g/mol. The highest BCUT2D eigenvalue weighted by molar-refractivity contribution is 7.09. The molecule has 0 unspecified atom stereocenters. The Balaban J connectivity index is 1.46. The number of thiazole rings is 1. The van der Waals surface area contributed by atoms with Crippen molar-refractivity contribution in [2.75, 3.05) is 5.32 Å². The molecule has 1 aromatic heterocycles. The first kappa shape index (κ1) is 23.4. The molecule has 2 amide bonds. The molecule has 0 fully saturated rings. The summed E-state index contributed by atoms with van der Waals surface area (Å²) in [5.41, 5.74) is 2.65. The molecular weight excluding hydrogens is 450 g/mol. The fraction of sp³-hybridized carbons (Fsp3) is 0.217. The van der Waals surface area contributed by atoms with E-state index in [2.05, 4.69) is 15.6 Å². The molecular formula is C23H22ClN3O4S.